The molecule has 4 heteroatoms. The lowest BCUT2D eigenvalue weighted by Gasteiger charge is -2.09. The highest BCUT2D eigenvalue weighted by Gasteiger charge is 2.00. The van der Waals surface area contributed by atoms with Crippen LogP contribution in [-0.4, -0.2) is 31.4 Å². The summed E-state index contributed by atoms with van der Waals surface area (Å²) in [5, 5.41) is 2.64. The Morgan fingerprint density at radius 3 is 2.80 bits per heavy atom. The molecule has 60 valence electrons. The first-order chi connectivity index (χ1) is 4.70. The Morgan fingerprint density at radius 1 is 1.80 bits per heavy atom. The minimum atomic E-state index is -0.0627. The molecule has 3 nitrogen and oxygen atoms in total. The first-order valence-electron chi connectivity index (χ1n) is 3.11. The van der Waals surface area contributed by atoms with Gasteiger partial charge < -0.3 is 10.1 Å². The number of carbonyl (C=O) groups excluding carboxylic acids is 1. The van der Waals surface area contributed by atoms with Crippen LogP contribution in [0, 0.1) is 0 Å². The molecule has 0 aromatic carbocycles. The average molecular weight is 163 g/mol. The van der Waals surface area contributed by atoms with E-state index in [1.165, 1.54) is 0 Å². The van der Waals surface area contributed by atoms with Gasteiger partial charge in [0, 0.05) is 13.7 Å². The third kappa shape index (κ3) is 4.64. The van der Waals surface area contributed by atoms with Crippen molar-refractivity contribution in [2.45, 2.75) is 13.0 Å². The molecule has 10 heavy (non-hydrogen) atoms. The summed E-state index contributed by atoms with van der Waals surface area (Å²) in [6.45, 7) is 2.44. The quantitative estimate of drug-likeness (QED) is 0.575. The summed E-state index contributed by atoms with van der Waals surface area (Å²) >= 11 is 3.79. The molecule has 0 aromatic heterocycles. The van der Waals surface area contributed by atoms with Crippen molar-refractivity contribution in [1.82, 2.24) is 5.32 Å². The molecule has 0 saturated carbocycles. The van der Waals surface area contributed by atoms with Gasteiger partial charge in [-0.2, -0.15) is 12.6 Å². The van der Waals surface area contributed by atoms with Crippen LogP contribution in [0.4, 0.5) is 0 Å². The molecule has 1 N–H and O–H groups in total. The Labute approximate surface area is 66.5 Å². The van der Waals surface area contributed by atoms with E-state index >= 15 is 0 Å². The average Bonchev–Trinajstić information content (AvgIpc) is 1.99. The molecule has 0 aliphatic rings. The van der Waals surface area contributed by atoms with Crippen molar-refractivity contribution < 1.29 is 9.53 Å². The Morgan fingerprint density at radius 2 is 2.40 bits per heavy atom. The lowest BCUT2D eigenvalue weighted by molar-refractivity contribution is -0.119. The molecule has 0 saturated heterocycles. The van der Waals surface area contributed by atoms with E-state index in [0.717, 1.165) is 0 Å². The molecule has 0 spiro atoms. The third-order valence-corrected chi connectivity index (χ3v) is 1.42. The molecule has 1 amide bonds. The molecule has 0 bridgehead atoms. The number of nitrogens with one attached hydrogen (secondary N) is 1. The molecular weight excluding hydrogens is 150 g/mol. The maximum absolute atomic E-state index is 10.6. The Kier molecular flexibility index (Phi) is 5.43. The smallest absolute Gasteiger partial charge is 0.229 e. The Hall–Kier alpha value is -0.220. The number of amides is 1. The summed E-state index contributed by atoms with van der Waals surface area (Å²) in [5.41, 5.74) is 0. The largest absolute Gasteiger partial charge is 0.380 e. The molecule has 1 unspecified atom stereocenters. The van der Waals surface area contributed by atoms with Gasteiger partial charge in [-0.1, -0.05) is 0 Å². The van der Waals surface area contributed by atoms with Gasteiger partial charge in [0.2, 0.25) is 5.91 Å². The van der Waals surface area contributed by atoms with E-state index < -0.39 is 0 Å². The predicted molar refractivity (Wildman–Crippen MR) is 43.3 cm³/mol. The van der Waals surface area contributed by atoms with E-state index in [0.29, 0.717) is 6.54 Å². The van der Waals surface area contributed by atoms with Crippen LogP contribution in [0.1, 0.15) is 6.92 Å². The molecule has 0 fully saturated rings. The number of methoxy groups -OCH3 is 1. The second kappa shape index (κ2) is 5.56. The van der Waals surface area contributed by atoms with Gasteiger partial charge in [0.15, 0.2) is 0 Å². The van der Waals surface area contributed by atoms with Crippen LogP contribution in [0.15, 0.2) is 0 Å². The monoisotopic (exact) mass is 163 g/mol. The minimum Gasteiger partial charge on any atom is -0.380 e. The van der Waals surface area contributed by atoms with Crippen LogP contribution >= 0.6 is 12.6 Å². The maximum atomic E-state index is 10.6. The zero-order chi connectivity index (χ0) is 7.98. The van der Waals surface area contributed by atoms with Gasteiger partial charge in [-0.3, -0.25) is 4.79 Å². The molecule has 0 aliphatic heterocycles. The Bertz CT molecular complexity index is 108. The lowest BCUT2D eigenvalue weighted by atomic mass is 10.4. The summed E-state index contributed by atoms with van der Waals surface area (Å²) in [5.74, 6) is 0.170. The second-order valence-corrected chi connectivity index (χ2v) is 2.32. The van der Waals surface area contributed by atoms with Gasteiger partial charge in [0.1, 0.15) is 0 Å². The fourth-order valence-corrected chi connectivity index (χ4v) is 0.509. The molecule has 0 radical (unpaired) electrons. The summed E-state index contributed by atoms with van der Waals surface area (Å²) in [6, 6.07) is 0. The molecule has 1 atom stereocenters. The minimum absolute atomic E-state index is 0.0627. The van der Waals surface area contributed by atoms with E-state index in [1.807, 2.05) is 6.92 Å². The van der Waals surface area contributed by atoms with Crippen molar-refractivity contribution in [2.75, 3.05) is 19.4 Å². The number of thiol groups is 1. The third-order valence-electron chi connectivity index (χ3n) is 1.13. The van der Waals surface area contributed by atoms with Crippen molar-refractivity contribution in [3.63, 3.8) is 0 Å². The standard InChI is InChI=1S/C6H13NO2S/c1-5(9-2)3-7-6(8)4-10/h5,10H,3-4H2,1-2H3,(H,7,8). The van der Waals surface area contributed by atoms with Crippen molar-refractivity contribution in [1.29, 1.82) is 0 Å². The van der Waals surface area contributed by atoms with Gasteiger partial charge in [-0.25, -0.2) is 0 Å². The van der Waals surface area contributed by atoms with Crippen molar-refractivity contribution in [3.05, 3.63) is 0 Å². The maximum Gasteiger partial charge on any atom is 0.229 e. The highest BCUT2D eigenvalue weighted by Crippen LogP contribution is 1.83. The first-order valence-corrected chi connectivity index (χ1v) is 3.74. The van der Waals surface area contributed by atoms with Crippen LogP contribution in [0.5, 0.6) is 0 Å². The molecular formula is C6H13NO2S. The van der Waals surface area contributed by atoms with Crippen LogP contribution in [-0.2, 0) is 9.53 Å². The molecule has 0 rings (SSSR count). The first kappa shape index (κ1) is 9.78. The molecule has 0 aromatic rings. The number of ether oxygens (including phenoxy) is 1. The normalized spacial score (nSPS) is 12.7. The topological polar surface area (TPSA) is 38.3 Å². The molecule has 0 aliphatic carbocycles. The highest BCUT2D eigenvalue weighted by molar-refractivity contribution is 7.81. The summed E-state index contributed by atoms with van der Waals surface area (Å²) < 4.78 is 4.91. The lowest BCUT2D eigenvalue weighted by Crippen LogP contribution is -2.32. The van der Waals surface area contributed by atoms with E-state index in [1.54, 1.807) is 7.11 Å². The SMILES string of the molecule is COC(C)CNC(=O)CS. The van der Waals surface area contributed by atoms with Crippen LogP contribution in [0.2, 0.25) is 0 Å². The summed E-state index contributed by atoms with van der Waals surface area (Å²) in [6.07, 6.45) is 0.0730. The van der Waals surface area contributed by atoms with Crippen LogP contribution in [0.25, 0.3) is 0 Å². The number of carbonyl (C=O) groups is 1. The predicted octanol–water partition coefficient (Wildman–Crippen LogP) is 0.0673. The van der Waals surface area contributed by atoms with E-state index in [9.17, 15) is 4.79 Å². The summed E-state index contributed by atoms with van der Waals surface area (Å²) in [7, 11) is 1.61. The van der Waals surface area contributed by atoms with Gasteiger partial charge in [0.05, 0.1) is 11.9 Å². The second-order valence-electron chi connectivity index (χ2n) is 2.01. The number of hydrogen-bond donors (Lipinski definition) is 2. The van der Waals surface area contributed by atoms with E-state index in [2.05, 4.69) is 17.9 Å². The van der Waals surface area contributed by atoms with Gasteiger partial charge >= 0.3 is 0 Å². The van der Waals surface area contributed by atoms with Gasteiger partial charge in [-0.05, 0) is 6.92 Å². The fourth-order valence-electron chi connectivity index (χ4n) is 0.397. The van der Waals surface area contributed by atoms with E-state index in [4.69, 9.17) is 4.74 Å². The number of rotatable bonds is 4. The van der Waals surface area contributed by atoms with Gasteiger partial charge in [-0.15, -0.1) is 0 Å². The van der Waals surface area contributed by atoms with Crippen LogP contribution in [0.3, 0.4) is 0 Å². The zero-order valence-electron chi connectivity index (χ0n) is 6.26. The van der Waals surface area contributed by atoms with Gasteiger partial charge in [0.25, 0.3) is 0 Å². The summed E-state index contributed by atoms with van der Waals surface area (Å²) in [4.78, 5) is 10.6. The molecule has 0 heterocycles. The highest BCUT2D eigenvalue weighted by atomic mass is 32.1. The zero-order valence-corrected chi connectivity index (χ0v) is 7.15. The number of hydrogen-bond acceptors (Lipinski definition) is 3. The van der Waals surface area contributed by atoms with Crippen molar-refractivity contribution in [3.8, 4) is 0 Å². The van der Waals surface area contributed by atoms with Crippen molar-refractivity contribution in [2.24, 2.45) is 0 Å². The van der Waals surface area contributed by atoms with Crippen molar-refractivity contribution >= 4 is 18.5 Å². The van der Waals surface area contributed by atoms with E-state index in [-0.39, 0.29) is 17.8 Å². The Balaban J connectivity index is 3.26. The van der Waals surface area contributed by atoms with Crippen LogP contribution < -0.4 is 5.32 Å². The fraction of sp³-hybridized carbons (Fsp3) is 0.833.